The number of fused-ring (bicyclic) bond motifs is 1. The molecule has 1 amide bonds. The van der Waals surface area contributed by atoms with Gasteiger partial charge in [0.1, 0.15) is 0 Å². The van der Waals surface area contributed by atoms with Gasteiger partial charge in [-0.1, -0.05) is 12.1 Å². The van der Waals surface area contributed by atoms with Gasteiger partial charge in [-0.15, -0.1) is 0 Å². The molecular formula is C13H19N3O. The van der Waals surface area contributed by atoms with Crippen molar-refractivity contribution in [2.45, 2.75) is 19.3 Å². The first-order valence-corrected chi connectivity index (χ1v) is 6.05. The average Bonchev–Trinajstić information content (AvgIpc) is 2.36. The SMILES string of the molecule is CNC(=O)CCN1CCCc2cccc(N)c21. The number of para-hydroxylation sites is 1. The van der Waals surface area contributed by atoms with E-state index in [9.17, 15) is 4.79 Å². The normalized spacial score (nSPS) is 14.3. The molecule has 3 N–H and O–H groups in total. The lowest BCUT2D eigenvalue weighted by Crippen LogP contribution is -2.33. The highest BCUT2D eigenvalue weighted by Crippen LogP contribution is 2.32. The number of carbonyl (C=O) groups excluding carboxylic acids is 1. The largest absolute Gasteiger partial charge is 0.397 e. The van der Waals surface area contributed by atoms with E-state index < -0.39 is 0 Å². The molecule has 1 aromatic rings. The van der Waals surface area contributed by atoms with Crippen molar-refractivity contribution in [1.29, 1.82) is 0 Å². The summed E-state index contributed by atoms with van der Waals surface area (Å²) in [5, 5.41) is 2.65. The molecule has 2 rings (SSSR count). The van der Waals surface area contributed by atoms with Crippen molar-refractivity contribution < 1.29 is 4.79 Å². The summed E-state index contributed by atoms with van der Waals surface area (Å²) in [6.07, 6.45) is 2.73. The van der Waals surface area contributed by atoms with Crippen LogP contribution in [0.15, 0.2) is 18.2 Å². The number of carbonyl (C=O) groups is 1. The van der Waals surface area contributed by atoms with Crippen LogP contribution < -0.4 is 16.0 Å². The zero-order valence-corrected chi connectivity index (χ0v) is 10.2. The van der Waals surface area contributed by atoms with Crippen molar-refractivity contribution in [3.8, 4) is 0 Å². The Morgan fingerprint density at radius 2 is 2.35 bits per heavy atom. The fraction of sp³-hybridized carbons (Fsp3) is 0.462. The third-order valence-electron chi connectivity index (χ3n) is 3.23. The van der Waals surface area contributed by atoms with Gasteiger partial charge in [-0.05, 0) is 24.5 Å². The van der Waals surface area contributed by atoms with E-state index in [1.54, 1.807) is 7.05 Å². The van der Waals surface area contributed by atoms with Gasteiger partial charge in [0.15, 0.2) is 0 Å². The fourth-order valence-corrected chi connectivity index (χ4v) is 2.36. The summed E-state index contributed by atoms with van der Waals surface area (Å²) in [5.74, 6) is 0.0756. The van der Waals surface area contributed by atoms with Gasteiger partial charge in [0.05, 0.1) is 11.4 Å². The minimum Gasteiger partial charge on any atom is -0.397 e. The molecule has 1 heterocycles. The first kappa shape index (κ1) is 11.8. The van der Waals surface area contributed by atoms with Crippen molar-refractivity contribution in [1.82, 2.24) is 5.32 Å². The maximum absolute atomic E-state index is 11.3. The van der Waals surface area contributed by atoms with Gasteiger partial charge in [-0.2, -0.15) is 0 Å². The number of rotatable bonds is 3. The fourth-order valence-electron chi connectivity index (χ4n) is 2.36. The Morgan fingerprint density at radius 1 is 1.53 bits per heavy atom. The standard InChI is InChI=1S/C13H19N3O/c1-15-12(17)7-9-16-8-3-5-10-4-2-6-11(14)13(10)16/h2,4,6H,3,5,7-9,14H2,1H3,(H,15,17). The van der Waals surface area contributed by atoms with E-state index in [2.05, 4.69) is 16.3 Å². The lowest BCUT2D eigenvalue weighted by Gasteiger charge is -2.32. The first-order chi connectivity index (χ1) is 8.22. The number of nitrogen functional groups attached to an aromatic ring is 1. The van der Waals surface area contributed by atoms with E-state index in [0.29, 0.717) is 6.42 Å². The Labute approximate surface area is 102 Å². The number of hydrogen-bond donors (Lipinski definition) is 2. The Hall–Kier alpha value is -1.71. The quantitative estimate of drug-likeness (QED) is 0.770. The Balaban J connectivity index is 2.14. The van der Waals surface area contributed by atoms with Crippen molar-refractivity contribution in [2.75, 3.05) is 30.8 Å². The monoisotopic (exact) mass is 233 g/mol. The number of nitrogens with two attached hydrogens (primary N) is 1. The van der Waals surface area contributed by atoms with Crippen LogP contribution in [0.1, 0.15) is 18.4 Å². The molecule has 0 radical (unpaired) electrons. The van der Waals surface area contributed by atoms with Crippen molar-refractivity contribution >= 4 is 17.3 Å². The highest BCUT2D eigenvalue weighted by Gasteiger charge is 2.19. The lowest BCUT2D eigenvalue weighted by molar-refractivity contribution is -0.120. The van der Waals surface area contributed by atoms with Crippen molar-refractivity contribution in [3.63, 3.8) is 0 Å². The second-order valence-electron chi connectivity index (χ2n) is 4.37. The van der Waals surface area contributed by atoms with Gasteiger partial charge in [0.25, 0.3) is 0 Å². The number of nitrogens with one attached hydrogen (secondary N) is 1. The number of nitrogens with zero attached hydrogens (tertiary/aromatic N) is 1. The van der Waals surface area contributed by atoms with E-state index >= 15 is 0 Å². The molecule has 0 bridgehead atoms. The zero-order valence-electron chi connectivity index (χ0n) is 10.2. The Kier molecular flexibility index (Phi) is 3.52. The predicted molar refractivity (Wildman–Crippen MR) is 70.1 cm³/mol. The summed E-state index contributed by atoms with van der Waals surface area (Å²) in [5.41, 5.74) is 9.27. The molecule has 17 heavy (non-hydrogen) atoms. The smallest absolute Gasteiger partial charge is 0.221 e. The van der Waals surface area contributed by atoms with E-state index in [-0.39, 0.29) is 5.91 Å². The van der Waals surface area contributed by atoms with Crippen LogP contribution in [0, 0.1) is 0 Å². The number of anilines is 2. The Bertz CT molecular complexity index is 417. The zero-order chi connectivity index (χ0) is 12.3. The van der Waals surface area contributed by atoms with E-state index in [1.807, 2.05) is 12.1 Å². The molecule has 0 unspecified atom stereocenters. The lowest BCUT2D eigenvalue weighted by atomic mass is 10.0. The third kappa shape index (κ3) is 2.52. The maximum atomic E-state index is 11.3. The number of aryl methyl sites for hydroxylation is 1. The highest BCUT2D eigenvalue weighted by atomic mass is 16.1. The molecular weight excluding hydrogens is 214 g/mol. The molecule has 0 spiro atoms. The molecule has 0 atom stereocenters. The van der Waals surface area contributed by atoms with Gasteiger partial charge in [-0.3, -0.25) is 4.79 Å². The molecule has 0 saturated carbocycles. The van der Waals surface area contributed by atoms with E-state index in [4.69, 9.17) is 5.73 Å². The third-order valence-corrected chi connectivity index (χ3v) is 3.23. The molecule has 1 aromatic carbocycles. The topological polar surface area (TPSA) is 58.4 Å². The van der Waals surface area contributed by atoms with Gasteiger partial charge < -0.3 is 16.0 Å². The molecule has 0 fully saturated rings. The minimum atomic E-state index is 0.0756. The summed E-state index contributed by atoms with van der Waals surface area (Å²) < 4.78 is 0. The second kappa shape index (κ2) is 5.08. The van der Waals surface area contributed by atoms with E-state index in [1.165, 1.54) is 5.56 Å². The Morgan fingerprint density at radius 3 is 3.12 bits per heavy atom. The summed E-state index contributed by atoms with van der Waals surface area (Å²) in [7, 11) is 1.67. The van der Waals surface area contributed by atoms with Crippen LogP contribution >= 0.6 is 0 Å². The van der Waals surface area contributed by atoms with Crippen LogP contribution in [-0.2, 0) is 11.2 Å². The van der Waals surface area contributed by atoms with Crippen molar-refractivity contribution in [3.05, 3.63) is 23.8 Å². The highest BCUT2D eigenvalue weighted by molar-refractivity contribution is 5.77. The number of amides is 1. The van der Waals surface area contributed by atoms with Gasteiger partial charge >= 0.3 is 0 Å². The van der Waals surface area contributed by atoms with Gasteiger partial charge in [0, 0.05) is 26.6 Å². The van der Waals surface area contributed by atoms with Gasteiger partial charge in [-0.25, -0.2) is 0 Å². The molecule has 4 heteroatoms. The molecule has 0 saturated heterocycles. The van der Waals surface area contributed by atoms with Crippen LogP contribution in [0.25, 0.3) is 0 Å². The van der Waals surface area contributed by atoms with Crippen molar-refractivity contribution in [2.24, 2.45) is 0 Å². The minimum absolute atomic E-state index is 0.0756. The number of hydrogen-bond acceptors (Lipinski definition) is 3. The predicted octanol–water partition coefficient (Wildman–Crippen LogP) is 1.16. The average molecular weight is 233 g/mol. The van der Waals surface area contributed by atoms with Crippen LogP contribution in [-0.4, -0.2) is 26.0 Å². The molecule has 1 aliphatic rings. The molecule has 4 nitrogen and oxygen atoms in total. The van der Waals surface area contributed by atoms with Crippen LogP contribution in [0.3, 0.4) is 0 Å². The number of benzene rings is 1. The maximum Gasteiger partial charge on any atom is 0.221 e. The summed E-state index contributed by atoms with van der Waals surface area (Å²) in [6.45, 7) is 1.72. The van der Waals surface area contributed by atoms with Crippen LogP contribution in [0.4, 0.5) is 11.4 Å². The summed E-state index contributed by atoms with van der Waals surface area (Å²) in [6, 6.07) is 6.05. The molecule has 0 aromatic heterocycles. The van der Waals surface area contributed by atoms with E-state index in [0.717, 1.165) is 37.3 Å². The molecule has 1 aliphatic heterocycles. The summed E-state index contributed by atoms with van der Waals surface area (Å²) >= 11 is 0. The molecule has 92 valence electrons. The molecule has 0 aliphatic carbocycles. The second-order valence-corrected chi connectivity index (χ2v) is 4.37. The summed E-state index contributed by atoms with van der Waals surface area (Å²) in [4.78, 5) is 13.5. The van der Waals surface area contributed by atoms with Crippen LogP contribution in [0.2, 0.25) is 0 Å². The van der Waals surface area contributed by atoms with Gasteiger partial charge in [0.2, 0.25) is 5.91 Å². The van der Waals surface area contributed by atoms with Crippen LogP contribution in [0.5, 0.6) is 0 Å². The first-order valence-electron chi connectivity index (χ1n) is 6.05.